The number of ether oxygens (including phenoxy) is 2. The number of halogens is 1. The number of hydrogen-bond donors (Lipinski definition) is 1. The van der Waals surface area contributed by atoms with Gasteiger partial charge in [-0.15, -0.1) is 0 Å². The summed E-state index contributed by atoms with van der Waals surface area (Å²) in [4.78, 5) is 10.4. The van der Waals surface area contributed by atoms with Crippen molar-refractivity contribution in [3.05, 3.63) is 28.8 Å². The molecular weight excluding hydrogens is 244 g/mol. The van der Waals surface area contributed by atoms with Crippen molar-refractivity contribution in [2.75, 3.05) is 13.2 Å². The Morgan fingerprint density at radius 3 is 2.88 bits per heavy atom. The molecule has 90 valence electrons. The molecule has 0 radical (unpaired) electrons. The smallest absolute Gasteiger partial charge is 0.328 e. The Morgan fingerprint density at radius 2 is 2.12 bits per heavy atom. The van der Waals surface area contributed by atoms with E-state index in [4.69, 9.17) is 26.2 Å². The lowest BCUT2D eigenvalue weighted by molar-refractivity contribution is -0.131. The Hall–Kier alpha value is -1.68. The normalized spacial score (nSPS) is 14.6. The van der Waals surface area contributed by atoms with Gasteiger partial charge < -0.3 is 14.6 Å². The molecule has 0 aromatic heterocycles. The number of rotatable bonds is 2. The van der Waals surface area contributed by atoms with Crippen LogP contribution in [0.4, 0.5) is 0 Å². The van der Waals surface area contributed by atoms with Crippen LogP contribution in [-0.4, -0.2) is 24.3 Å². The fourth-order valence-electron chi connectivity index (χ4n) is 1.51. The van der Waals surface area contributed by atoms with Gasteiger partial charge in [0.2, 0.25) is 0 Å². The first-order valence-corrected chi connectivity index (χ1v) is 5.55. The van der Waals surface area contributed by atoms with Gasteiger partial charge in [0, 0.05) is 12.5 Å². The summed E-state index contributed by atoms with van der Waals surface area (Å²) in [6, 6.07) is 3.36. The third-order valence-electron chi connectivity index (χ3n) is 2.24. The first-order chi connectivity index (χ1) is 8.16. The predicted octanol–water partition coefficient (Wildman–Crippen LogP) is 2.60. The molecule has 1 N–H and O–H groups in total. The molecule has 0 atom stereocenters. The first kappa shape index (κ1) is 11.8. The van der Waals surface area contributed by atoms with Crippen molar-refractivity contribution in [1.82, 2.24) is 0 Å². The zero-order chi connectivity index (χ0) is 12.3. The lowest BCUT2D eigenvalue weighted by Gasteiger charge is -2.09. The quantitative estimate of drug-likeness (QED) is 0.825. The van der Waals surface area contributed by atoms with Crippen LogP contribution in [0.2, 0.25) is 5.02 Å². The highest BCUT2D eigenvalue weighted by atomic mass is 35.5. The summed E-state index contributed by atoms with van der Waals surface area (Å²) < 4.78 is 10.9. The van der Waals surface area contributed by atoms with Crippen molar-refractivity contribution in [2.24, 2.45) is 0 Å². The zero-order valence-electron chi connectivity index (χ0n) is 8.98. The highest BCUT2D eigenvalue weighted by Gasteiger charge is 2.14. The lowest BCUT2D eigenvalue weighted by Crippen LogP contribution is -1.97. The van der Waals surface area contributed by atoms with E-state index in [-0.39, 0.29) is 0 Å². The molecule has 1 aliphatic heterocycles. The van der Waals surface area contributed by atoms with Gasteiger partial charge in [0.25, 0.3) is 0 Å². The number of carboxylic acids is 1. The van der Waals surface area contributed by atoms with Crippen LogP contribution in [0.3, 0.4) is 0 Å². The second-order valence-electron chi connectivity index (χ2n) is 3.55. The van der Waals surface area contributed by atoms with Gasteiger partial charge in [0.15, 0.2) is 11.5 Å². The van der Waals surface area contributed by atoms with Crippen molar-refractivity contribution in [1.29, 1.82) is 0 Å². The molecule has 0 unspecified atom stereocenters. The Bertz CT molecular complexity index is 468. The summed E-state index contributed by atoms with van der Waals surface area (Å²) >= 11 is 6.05. The molecule has 17 heavy (non-hydrogen) atoms. The maximum absolute atomic E-state index is 10.4. The molecule has 5 heteroatoms. The minimum absolute atomic E-state index is 0.425. The van der Waals surface area contributed by atoms with Crippen molar-refractivity contribution >= 4 is 23.6 Å². The molecule has 2 rings (SSSR count). The van der Waals surface area contributed by atoms with Crippen LogP contribution in [0, 0.1) is 0 Å². The molecule has 0 saturated heterocycles. The zero-order valence-corrected chi connectivity index (χ0v) is 9.74. The van der Waals surface area contributed by atoms with Crippen LogP contribution in [0.25, 0.3) is 6.08 Å². The highest BCUT2D eigenvalue weighted by molar-refractivity contribution is 6.32. The number of carboxylic acid groups (broad SMARTS) is 1. The van der Waals surface area contributed by atoms with Gasteiger partial charge in [0.1, 0.15) is 0 Å². The van der Waals surface area contributed by atoms with Gasteiger partial charge in [-0.2, -0.15) is 0 Å². The average Bonchev–Trinajstić information content (AvgIpc) is 2.51. The van der Waals surface area contributed by atoms with Crippen LogP contribution in [0.1, 0.15) is 12.0 Å². The molecule has 0 saturated carbocycles. The average molecular weight is 255 g/mol. The summed E-state index contributed by atoms with van der Waals surface area (Å²) in [5.41, 5.74) is 0.668. The van der Waals surface area contributed by atoms with Crippen LogP contribution >= 0.6 is 11.6 Å². The fourth-order valence-corrected chi connectivity index (χ4v) is 1.79. The summed E-state index contributed by atoms with van der Waals surface area (Å²) in [7, 11) is 0. The number of hydrogen-bond acceptors (Lipinski definition) is 3. The van der Waals surface area contributed by atoms with Crippen molar-refractivity contribution in [3.63, 3.8) is 0 Å². The van der Waals surface area contributed by atoms with E-state index in [1.807, 2.05) is 0 Å². The van der Waals surface area contributed by atoms with Crippen molar-refractivity contribution < 1.29 is 19.4 Å². The van der Waals surface area contributed by atoms with Crippen LogP contribution < -0.4 is 9.47 Å². The monoisotopic (exact) mass is 254 g/mol. The molecule has 1 aromatic carbocycles. The van der Waals surface area contributed by atoms with Gasteiger partial charge in [-0.05, 0) is 23.8 Å². The SMILES string of the molecule is O=C(O)C=Cc1cc(Cl)c2c(c1)OCCCO2. The summed E-state index contributed by atoms with van der Waals surface area (Å²) in [6.07, 6.45) is 3.31. The van der Waals surface area contributed by atoms with E-state index in [2.05, 4.69) is 0 Å². The molecule has 0 amide bonds. The molecule has 1 heterocycles. The van der Waals surface area contributed by atoms with E-state index in [0.717, 1.165) is 12.5 Å². The van der Waals surface area contributed by atoms with Gasteiger partial charge in [-0.1, -0.05) is 11.6 Å². The minimum atomic E-state index is -1.01. The maximum Gasteiger partial charge on any atom is 0.328 e. The Morgan fingerprint density at radius 1 is 1.35 bits per heavy atom. The summed E-state index contributed by atoms with van der Waals surface area (Å²) in [5, 5.41) is 8.98. The number of benzene rings is 1. The van der Waals surface area contributed by atoms with E-state index < -0.39 is 5.97 Å². The Balaban J connectivity index is 2.35. The van der Waals surface area contributed by atoms with E-state index in [1.54, 1.807) is 12.1 Å². The van der Waals surface area contributed by atoms with Gasteiger partial charge in [0.05, 0.1) is 18.2 Å². The van der Waals surface area contributed by atoms with Crippen molar-refractivity contribution in [3.8, 4) is 11.5 Å². The lowest BCUT2D eigenvalue weighted by atomic mass is 10.2. The van der Waals surface area contributed by atoms with Crippen LogP contribution in [0.5, 0.6) is 11.5 Å². The second-order valence-corrected chi connectivity index (χ2v) is 3.96. The molecule has 0 spiro atoms. The third-order valence-corrected chi connectivity index (χ3v) is 2.52. The molecule has 0 aliphatic carbocycles. The second kappa shape index (κ2) is 5.10. The van der Waals surface area contributed by atoms with E-state index >= 15 is 0 Å². The van der Waals surface area contributed by atoms with Crippen LogP contribution in [-0.2, 0) is 4.79 Å². The Labute approximate surface area is 103 Å². The standard InChI is InChI=1S/C12H11ClO4/c13-9-6-8(2-3-11(14)15)7-10-12(9)17-5-1-4-16-10/h2-3,6-7H,1,4-5H2,(H,14,15). The Kier molecular flexibility index (Phi) is 3.54. The topological polar surface area (TPSA) is 55.8 Å². The first-order valence-electron chi connectivity index (χ1n) is 5.17. The molecular formula is C12H11ClO4. The van der Waals surface area contributed by atoms with Gasteiger partial charge in [-0.25, -0.2) is 4.79 Å². The molecule has 0 bridgehead atoms. The molecule has 1 aromatic rings. The van der Waals surface area contributed by atoms with Crippen molar-refractivity contribution in [2.45, 2.75) is 6.42 Å². The number of carbonyl (C=O) groups is 1. The molecule has 0 fully saturated rings. The maximum atomic E-state index is 10.4. The molecule has 4 nitrogen and oxygen atoms in total. The van der Waals surface area contributed by atoms with E-state index in [9.17, 15) is 4.79 Å². The largest absolute Gasteiger partial charge is 0.489 e. The van der Waals surface area contributed by atoms with Crippen LogP contribution in [0.15, 0.2) is 18.2 Å². The fraction of sp³-hybridized carbons (Fsp3) is 0.250. The number of fused-ring (bicyclic) bond motifs is 1. The number of aliphatic carboxylic acids is 1. The highest BCUT2D eigenvalue weighted by Crippen LogP contribution is 2.38. The predicted molar refractivity (Wildman–Crippen MR) is 63.7 cm³/mol. The molecule has 1 aliphatic rings. The summed E-state index contributed by atoms with van der Waals surface area (Å²) in [6.45, 7) is 1.13. The van der Waals surface area contributed by atoms with E-state index in [0.29, 0.717) is 35.3 Å². The van der Waals surface area contributed by atoms with Gasteiger partial charge in [-0.3, -0.25) is 0 Å². The third kappa shape index (κ3) is 2.91. The van der Waals surface area contributed by atoms with E-state index in [1.165, 1.54) is 6.08 Å². The summed E-state index contributed by atoms with van der Waals surface area (Å²) in [5.74, 6) is 0.0740. The van der Waals surface area contributed by atoms with Gasteiger partial charge >= 0.3 is 5.97 Å². The minimum Gasteiger partial charge on any atom is -0.489 e.